The van der Waals surface area contributed by atoms with E-state index in [1.54, 1.807) is 0 Å². The minimum absolute atomic E-state index is 0.0719. The molecular weight excluding hydrogens is 422 g/mol. The van der Waals surface area contributed by atoms with Gasteiger partial charge in [-0.15, -0.1) is 10.2 Å². The van der Waals surface area contributed by atoms with E-state index in [2.05, 4.69) is 53.3 Å². The molecule has 166 valence electrons. The lowest BCUT2D eigenvalue weighted by Gasteiger charge is -2.35. The number of anilines is 2. The number of aromatic nitrogens is 2. The molecule has 4 rings (SSSR count). The predicted octanol–water partition coefficient (Wildman–Crippen LogP) is 5.45. The Kier molecular flexibility index (Phi) is 6.33. The standard InChI is InChI=1S/C25H28ClN5O/c1-25(2,3)19-6-10-21(11-7-19)27-24(32)31-16-14-30(15-17-31)23-13-12-22(28-29-23)18-4-8-20(26)9-5-18/h4-13H,14-17H2,1-3H3,(H,27,32). The number of hydrogen-bond donors (Lipinski definition) is 1. The van der Waals surface area contributed by atoms with Crippen LogP contribution in [0.4, 0.5) is 16.3 Å². The van der Waals surface area contributed by atoms with Crippen LogP contribution in [0.2, 0.25) is 5.02 Å². The van der Waals surface area contributed by atoms with Crippen molar-refractivity contribution < 1.29 is 4.79 Å². The molecule has 2 amide bonds. The van der Waals surface area contributed by atoms with E-state index in [0.29, 0.717) is 31.2 Å². The number of urea groups is 1. The highest BCUT2D eigenvalue weighted by molar-refractivity contribution is 6.30. The van der Waals surface area contributed by atoms with Crippen LogP contribution in [0.3, 0.4) is 0 Å². The fourth-order valence-electron chi connectivity index (χ4n) is 3.66. The molecule has 1 N–H and O–H groups in total. The van der Waals surface area contributed by atoms with Crippen LogP contribution in [0.25, 0.3) is 11.3 Å². The molecule has 0 radical (unpaired) electrons. The maximum atomic E-state index is 12.7. The third kappa shape index (κ3) is 5.19. The summed E-state index contributed by atoms with van der Waals surface area (Å²) in [4.78, 5) is 16.7. The minimum atomic E-state index is -0.0719. The lowest BCUT2D eigenvalue weighted by molar-refractivity contribution is 0.208. The Morgan fingerprint density at radius 2 is 1.53 bits per heavy atom. The van der Waals surface area contributed by atoms with Gasteiger partial charge in [-0.05, 0) is 47.4 Å². The molecule has 2 heterocycles. The van der Waals surface area contributed by atoms with Crippen molar-refractivity contribution in [1.82, 2.24) is 15.1 Å². The molecule has 2 aromatic carbocycles. The largest absolute Gasteiger partial charge is 0.352 e. The number of rotatable bonds is 3. The van der Waals surface area contributed by atoms with E-state index in [1.165, 1.54) is 5.56 Å². The summed E-state index contributed by atoms with van der Waals surface area (Å²) in [5, 5.41) is 12.5. The van der Waals surface area contributed by atoms with Gasteiger partial charge in [-0.3, -0.25) is 0 Å². The molecular formula is C25H28ClN5O. The van der Waals surface area contributed by atoms with Crippen LogP contribution >= 0.6 is 11.6 Å². The highest BCUT2D eigenvalue weighted by atomic mass is 35.5. The quantitative estimate of drug-likeness (QED) is 0.577. The summed E-state index contributed by atoms with van der Waals surface area (Å²) >= 11 is 5.95. The average Bonchev–Trinajstić information content (AvgIpc) is 2.80. The number of carbonyl (C=O) groups excluding carboxylic acids is 1. The predicted molar refractivity (Wildman–Crippen MR) is 130 cm³/mol. The second kappa shape index (κ2) is 9.17. The molecule has 0 saturated carbocycles. The Morgan fingerprint density at radius 3 is 2.09 bits per heavy atom. The first-order valence-corrected chi connectivity index (χ1v) is 11.2. The Morgan fingerprint density at radius 1 is 0.875 bits per heavy atom. The van der Waals surface area contributed by atoms with E-state index in [9.17, 15) is 4.79 Å². The Bertz CT molecular complexity index is 1050. The number of amides is 2. The topological polar surface area (TPSA) is 61.4 Å². The molecule has 0 aliphatic carbocycles. The van der Waals surface area contributed by atoms with Gasteiger partial charge in [0.1, 0.15) is 0 Å². The van der Waals surface area contributed by atoms with Crippen molar-refractivity contribution in [3.05, 3.63) is 71.2 Å². The SMILES string of the molecule is CC(C)(C)c1ccc(NC(=O)N2CCN(c3ccc(-c4ccc(Cl)cc4)nn3)CC2)cc1. The molecule has 1 aliphatic rings. The van der Waals surface area contributed by atoms with Gasteiger partial charge in [0.2, 0.25) is 0 Å². The summed E-state index contributed by atoms with van der Waals surface area (Å²) in [6, 6.07) is 19.5. The van der Waals surface area contributed by atoms with Crippen LogP contribution in [0.1, 0.15) is 26.3 Å². The van der Waals surface area contributed by atoms with Gasteiger partial charge in [0.25, 0.3) is 0 Å². The second-order valence-electron chi connectivity index (χ2n) is 9.02. The smallest absolute Gasteiger partial charge is 0.321 e. The van der Waals surface area contributed by atoms with E-state index >= 15 is 0 Å². The average molecular weight is 450 g/mol. The van der Waals surface area contributed by atoms with Crippen molar-refractivity contribution in [2.45, 2.75) is 26.2 Å². The molecule has 0 bridgehead atoms. The van der Waals surface area contributed by atoms with Crippen LogP contribution in [0.5, 0.6) is 0 Å². The van der Waals surface area contributed by atoms with Crippen LogP contribution < -0.4 is 10.2 Å². The molecule has 7 heteroatoms. The van der Waals surface area contributed by atoms with Gasteiger partial charge in [-0.2, -0.15) is 0 Å². The summed E-state index contributed by atoms with van der Waals surface area (Å²) in [6.45, 7) is 9.22. The molecule has 1 saturated heterocycles. The second-order valence-corrected chi connectivity index (χ2v) is 9.45. The Balaban J connectivity index is 1.31. The fraction of sp³-hybridized carbons (Fsp3) is 0.320. The van der Waals surface area contributed by atoms with Crippen molar-refractivity contribution in [3.8, 4) is 11.3 Å². The number of nitrogens with zero attached hydrogens (tertiary/aromatic N) is 4. The van der Waals surface area contributed by atoms with Crippen LogP contribution in [-0.4, -0.2) is 47.3 Å². The number of hydrogen-bond acceptors (Lipinski definition) is 4. The van der Waals surface area contributed by atoms with E-state index in [4.69, 9.17) is 11.6 Å². The Labute approximate surface area is 194 Å². The van der Waals surface area contributed by atoms with E-state index in [1.807, 2.05) is 53.4 Å². The molecule has 6 nitrogen and oxygen atoms in total. The molecule has 1 aromatic heterocycles. The first-order valence-electron chi connectivity index (χ1n) is 10.8. The van der Waals surface area contributed by atoms with Crippen LogP contribution in [-0.2, 0) is 5.41 Å². The zero-order valence-corrected chi connectivity index (χ0v) is 19.4. The number of nitrogens with one attached hydrogen (secondary N) is 1. The van der Waals surface area contributed by atoms with E-state index < -0.39 is 0 Å². The summed E-state index contributed by atoms with van der Waals surface area (Å²) < 4.78 is 0. The first-order chi connectivity index (χ1) is 15.3. The molecule has 1 aliphatic heterocycles. The van der Waals surface area contributed by atoms with Gasteiger partial charge in [0.05, 0.1) is 5.69 Å². The number of benzene rings is 2. The van der Waals surface area contributed by atoms with E-state index in [-0.39, 0.29) is 11.4 Å². The van der Waals surface area contributed by atoms with Gasteiger partial charge in [0.15, 0.2) is 5.82 Å². The van der Waals surface area contributed by atoms with Crippen molar-refractivity contribution in [1.29, 1.82) is 0 Å². The summed E-state index contributed by atoms with van der Waals surface area (Å²) in [5.74, 6) is 0.820. The molecule has 1 fully saturated rings. The molecule has 32 heavy (non-hydrogen) atoms. The Hall–Kier alpha value is -3.12. The first kappa shape index (κ1) is 22.1. The third-order valence-electron chi connectivity index (χ3n) is 5.68. The zero-order chi connectivity index (χ0) is 22.7. The summed E-state index contributed by atoms with van der Waals surface area (Å²) in [7, 11) is 0. The van der Waals surface area contributed by atoms with Gasteiger partial charge in [-0.1, -0.05) is 56.6 Å². The maximum Gasteiger partial charge on any atom is 0.321 e. The fourth-order valence-corrected chi connectivity index (χ4v) is 3.79. The van der Waals surface area contributed by atoms with Gasteiger partial charge in [-0.25, -0.2) is 4.79 Å². The molecule has 0 atom stereocenters. The van der Waals surface area contributed by atoms with Crippen LogP contribution in [0.15, 0.2) is 60.7 Å². The van der Waals surface area contributed by atoms with Crippen molar-refractivity contribution in [2.24, 2.45) is 0 Å². The number of piperazine rings is 1. The van der Waals surface area contributed by atoms with Crippen molar-refractivity contribution in [2.75, 3.05) is 36.4 Å². The molecule has 0 spiro atoms. The van der Waals surface area contributed by atoms with E-state index in [0.717, 1.165) is 22.8 Å². The lowest BCUT2D eigenvalue weighted by Crippen LogP contribution is -2.50. The lowest BCUT2D eigenvalue weighted by atomic mass is 9.87. The summed E-state index contributed by atoms with van der Waals surface area (Å²) in [5.41, 5.74) is 3.93. The normalized spacial score (nSPS) is 14.4. The summed E-state index contributed by atoms with van der Waals surface area (Å²) in [6.07, 6.45) is 0. The highest BCUT2D eigenvalue weighted by Gasteiger charge is 2.22. The molecule has 3 aromatic rings. The highest BCUT2D eigenvalue weighted by Crippen LogP contribution is 2.24. The van der Waals surface area contributed by atoms with Gasteiger partial charge < -0.3 is 15.1 Å². The maximum absolute atomic E-state index is 12.7. The van der Waals surface area contributed by atoms with Crippen molar-refractivity contribution in [3.63, 3.8) is 0 Å². The van der Waals surface area contributed by atoms with Gasteiger partial charge >= 0.3 is 6.03 Å². The third-order valence-corrected chi connectivity index (χ3v) is 5.94. The van der Waals surface area contributed by atoms with Crippen LogP contribution in [0, 0.1) is 0 Å². The number of halogens is 1. The zero-order valence-electron chi connectivity index (χ0n) is 18.7. The van der Waals surface area contributed by atoms with Gasteiger partial charge in [0, 0.05) is 42.5 Å². The molecule has 0 unspecified atom stereocenters. The number of carbonyl (C=O) groups is 1. The minimum Gasteiger partial charge on any atom is -0.352 e. The monoisotopic (exact) mass is 449 g/mol. The van der Waals surface area contributed by atoms with Crippen molar-refractivity contribution >= 4 is 29.1 Å².